The molecule has 0 radical (unpaired) electrons. The fourth-order valence-corrected chi connectivity index (χ4v) is 2.01. The minimum atomic E-state index is 0.335. The van der Waals surface area contributed by atoms with E-state index in [-0.39, 0.29) is 0 Å². The van der Waals surface area contributed by atoms with Gasteiger partial charge in [0.25, 0.3) is 5.89 Å². The van der Waals surface area contributed by atoms with Crippen molar-refractivity contribution in [1.29, 1.82) is 0 Å². The Balaban J connectivity index is 1.86. The number of benzene rings is 1. The Morgan fingerprint density at radius 2 is 1.91 bits per heavy atom. The third-order valence-electron chi connectivity index (χ3n) is 3.01. The molecule has 0 N–H and O–H groups in total. The summed E-state index contributed by atoms with van der Waals surface area (Å²) >= 11 is 0. The van der Waals surface area contributed by atoms with Crippen molar-refractivity contribution in [2.24, 2.45) is 0 Å². The van der Waals surface area contributed by atoms with Gasteiger partial charge in [-0.1, -0.05) is 12.1 Å². The first-order valence-corrected chi connectivity index (χ1v) is 6.58. The molecule has 0 bridgehead atoms. The van der Waals surface area contributed by atoms with Crippen molar-refractivity contribution < 1.29 is 18.3 Å². The van der Waals surface area contributed by atoms with Crippen LogP contribution in [0.1, 0.15) is 11.5 Å². The maximum absolute atomic E-state index is 5.50. The number of methoxy groups -OCH3 is 2. The van der Waals surface area contributed by atoms with E-state index in [0.717, 1.165) is 5.56 Å². The Morgan fingerprint density at radius 1 is 1.00 bits per heavy atom. The predicted molar refractivity (Wildman–Crippen MR) is 80.5 cm³/mol. The summed E-state index contributed by atoms with van der Waals surface area (Å²) in [5.41, 5.74) is 0.847. The van der Waals surface area contributed by atoms with Gasteiger partial charge < -0.3 is 18.3 Å². The monoisotopic (exact) mass is 298 g/mol. The van der Waals surface area contributed by atoms with E-state index in [9.17, 15) is 0 Å². The van der Waals surface area contributed by atoms with Crippen LogP contribution in [0.4, 0.5) is 0 Å². The minimum absolute atomic E-state index is 0.335. The molecule has 0 aliphatic carbocycles. The van der Waals surface area contributed by atoms with Crippen LogP contribution in [0, 0.1) is 0 Å². The van der Waals surface area contributed by atoms with Crippen LogP contribution < -0.4 is 9.47 Å². The summed E-state index contributed by atoms with van der Waals surface area (Å²) in [5.74, 6) is 2.54. The van der Waals surface area contributed by atoms with Gasteiger partial charge in [-0.25, -0.2) is 0 Å². The van der Waals surface area contributed by atoms with Crippen molar-refractivity contribution in [3.05, 3.63) is 48.0 Å². The quantitative estimate of drug-likeness (QED) is 0.717. The molecule has 3 aromatic rings. The summed E-state index contributed by atoms with van der Waals surface area (Å²) in [7, 11) is 3.19. The van der Waals surface area contributed by atoms with Crippen LogP contribution in [0.15, 0.2) is 45.4 Å². The van der Waals surface area contributed by atoms with Crippen molar-refractivity contribution in [1.82, 2.24) is 10.2 Å². The molecule has 0 saturated carbocycles. The lowest BCUT2D eigenvalue weighted by molar-refractivity contribution is 0.354. The summed E-state index contributed by atoms with van der Waals surface area (Å²) in [4.78, 5) is 0. The van der Waals surface area contributed by atoms with Gasteiger partial charge in [0, 0.05) is 11.6 Å². The molecule has 112 valence electrons. The molecular weight excluding hydrogens is 284 g/mol. The first kappa shape index (κ1) is 13.9. The van der Waals surface area contributed by atoms with Crippen molar-refractivity contribution in [3.8, 4) is 23.1 Å². The number of nitrogens with zero attached hydrogens (tertiary/aromatic N) is 2. The molecule has 0 fully saturated rings. The van der Waals surface area contributed by atoms with Crippen LogP contribution in [-0.2, 0) is 0 Å². The zero-order valence-corrected chi connectivity index (χ0v) is 12.1. The second kappa shape index (κ2) is 6.17. The average Bonchev–Trinajstić information content (AvgIpc) is 3.23. The number of aromatic nitrogens is 2. The number of furan rings is 1. The summed E-state index contributed by atoms with van der Waals surface area (Å²) in [5, 5.41) is 7.88. The first-order valence-electron chi connectivity index (χ1n) is 6.58. The van der Waals surface area contributed by atoms with Crippen LogP contribution in [0.2, 0.25) is 0 Å². The molecule has 0 spiro atoms. The number of para-hydroxylation sites is 1. The molecular formula is C16H14N2O4. The Labute approximate surface area is 127 Å². The van der Waals surface area contributed by atoms with E-state index in [2.05, 4.69) is 10.2 Å². The third kappa shape index (κ3) is 2.71. The van der Waals surface area contributed by atoms with E-state index in [0.29, 0.717) is 29.0 Å². The maximum Gasteiger partial charge on any atom is 0.283 e. The van der Waals surface area contributed by atoms with Gasteiger partial charge in [0.1, 0.15) is 0 Å². The normalized spacial score (nSPS) is 11.0. The molecule has 0 aliphatic rings. The highest BCUT2D eigenvalue weighted by atomic mass is 16.5. The summed E-state index contributed by atoms with van der Waals surface area (Å²) in [6.07, 6.45) is 5.08. The molecule has 2 aromatic heterocycles. The zero-order chi connectivity index (χ0) is 15.4. The Morgan fingerprint density at radius 3 is 2.64 bits per heavy atom. The van der Waals surface area contributed by atoms with Gasteiger partial charge in [-0.3, -0.25) is 0 Å². The van der Waals surface area contributed by atoms with Crippen LogP contribution in [-0.4, -0.2) is 24.4 Å². The van der Waals surface area contributed by atoms with E-state index in [1.165, 1.54) is 0 Å². The lowest BCUT2D eigenvalue weighted by Gasteiger charge is -2.09. The van der Waals surface area contributed by atoms with Gasteiger partial charge >= 0.3 is 0 Å². The Kier molecular flexibility index (Phi) is 3.91. The third-order valence-corrected chi connectivity index (χ3v) is 3.01. The molecule has 0 aliphatic heterocycles. The van der Waals surface area contributed by atoms with E-state index < -0.39 is 0 Å². The number of hydrogen-bond donors (Lipinski definition) is 0. The molecule has 0 atom stereocenters. The second-order valence-corrected chi connectivity index (χ2v) is 4.34. The second-order valence-electron chi connectivity index (χ2n) is 4.34. The van der Waals surface area contributed by atoms with Gasteiger partial charge in [0.05, 0.1) is 20.5 Å². The highest BCUT2D eigenvalue weighted by Crippen LogP contribution is 2.31. The molecule has 2 heterocycles. The van der Waals surface area contributed by atoms with Crippen molar-refractivity contribution in [3.63, 3.8) is 0 Å². The molecule has 6 nitrogen and oxygen atoms in total. The van der Waals surface area contributed by atoms with Crippen LogP contribution >= 0.6 is 0 Å². The van der Waals surface area contributed by atoms with E-state index in [1.54, 1.807) is 38.7 Å². The number of hydrogen-bond acceptors (Lipinski definition) is 6. The minimum Gasteiger partial charge on any atom is -0.493 e. The van der Waals surface area contributed by atoms with E-state index in [1.807, 2.05) is 24.3 Å². The molecule has 0 unspecified atom stereocenters. The number of rotatable bonds is 5. The van der Waals surface area contributed by atoms with Gasteiger partial charge in [0.15, 0.2) is 17.3 Å². The van der Waals surface area contributed by atoms with Crippen LogP contribution in [0.5, 0.6) is 11.5 Å². The zero-order valence-electron chi connectivity index (χ0n) is 12.1. The van der Waals surface area contributed by atoms with Crippen LogP contribution in [0.3, 0.4) is 0 Å². The van der Waals surface area contributed by atoms with Crippen molar-refractivity contribution in [2.75, 3.05) is 14.2 Å². The highest BCUT2D eigenvalue weighted by molar-refractivity contribution is 5.72. The van der Waals surface area contributed by atoms with Gasteiger partial charge in [-0.2, -0.15) is 0 Å². The Hall–Kier alpha value is -3.02. The van der Waals surface area contributed by atoms with Crippen LogP contribution in [0.25, 0.3) is 23.8 Å². The average molecular weight is 298 g/mol. The van der Waals surface area contributed by atoms with Gasteiger partial charge in [-0.15, -0.1) is 10.2 Å². The lowest BCUT2D eigenvalue weighted by atomic mass is 10.1. The van der Waals surface area contributed by atoms with E-state index >= 15 is 0 Å². The fourth-order valence-electron chi connectivity index (χ4n) is 2.01. The summed E-state index contributed by atoms with van der Waals surface area (Å²) in [6, 6.07) is 9.13. The first-order chi connectivity index (χ1) is 10.8. The van der Waals surface area contributed by atoms with E-state index in [4.69, 9.17) is 18.3 Å². The topological polar surface area (TPSA) is 70.5 Å². The van der Waals surface area contributed by atoms with Crippen molar-refractivity contribution >= 4 is 12.2 Å². The molecule has 0 amide bonds. The predicted octanol–water partition coefficient (Wildman–Crippen LogP) is 3.52. The van der Waals surface area contributed by atoms with Gasteiger partial charge in [0.2, 0.25) is 5.89 Å². The number of ether oxygens (including phenoxy) is 2. The fraction of sp³-hybridized carbons (Fsp3) is 0.125. The van der Waals surface area contributed by atoms with Crippen molar-refractivity contribution in [2.45, 2.75) is 0 Å². The molecule has 3 rings (SSSR count). The summed E-state index contributed by atoms with van der Waals surface area (Å²) < 4.78 is 21.3. The Bertz CT molecular complexity index is 775. The smallest absolute Gasteiger partial charge is 0.283 e. The molecule has 1 aromatic carbocycles. The SMILES string of the molecule is COc1cccc(C=Cc2nnc(-c3ccco3)o2)c1OC. The largest absolute Gasteiger partial charge is 0.493 e. The molecule has 6 heteroatoms. The van der Waals surface area contributed by atoms with Gasteiger partial charge in [-0.05, 0) is 24.3 Å². The molecule has 22 heavy (non-hydrogen) atoms. The maximum atomic E-state index is 5.50. The summed E-state index contributed by atoms with van der Waals surface area (Å²) in [6.45, 7) is 0. The molecule has 0 saturated heterocycles. The lowest BCUT2D eigenvalue weighted by Crippen LogP contribution is -1.92. The standard InChI is InChI=1S/C16H14N2O4/c1-19-12-6-3-5-11(15(12)20-2)8-9-14-17-18-16(22-14)13-7-4-10-21-13/h3-10H,1-2H3. The highest BCUT2D eigenvalue weighted by Gasteiger charge is 2.10.